The molecule has 1 aromatic heterocycles. The minimum atomic E-state index is 0.0140. The van der Waals surface area contributed by atoms with Crippen LogP contribution in [0.1, 0.15) is 38.8 Å². The van der Waals surface area contributed by atoms with Crippen LogP contribution in [-0.4, -0.2) is 17.0 Å². The summed E-state index contributed by atoms with van der Waals surface area (Å²) < 4.78 is 1.65. The molecule has 0 bridgehead atoms. The Balaban J connectivity index is 2.23. The molecule has 0 aromatic carbocycles. The van der Waals surface area contributed by atoms with Gasteiger partial charge in [0.25, 0.3) is 0 Å². The number of nitrogens with one attached hydrogen (secondary N) is 1. The van der Waals surface area contributed by atoms with Crippen LogP contribution in [0, 0.1) is 12.8 Å². The normalized spacial score (nSPS) is 10.9. The lowest BCUT2D eigenvalue weighted by atomic mass is 10.1. The molecule has 5 heteroatoms. The summed E-state index contributed by atoms with van der Waals surface area (Å²) in [6.07, 6.45) is 2.52. The molecule has 1 aromatic rings. The van der Waals surface area contributed by atoms with Crippen LogP contribution in [0.3, 0.4) is 0 Å². The average Bonchev–Trinajstić information content (AvgIpc) is 2.62. The van der Waals surface area contributed by atoms with Crippen molar-refractivity contribution in [1.29, 1.82) is 0 Å². The number of rotatable bonds is 7. The number of amides is 1. The van der Waals surface area contributed by atoms with Crippen LogP contribution in [0.25, 0.3) is 0 Å². The number of carbonyl (C=O) groups is 1. The van der Waals surface area contributed by atoms with Crippen LogP contribution in [0.5, 0.6) is 0 Å². The molecule has 0 spiro atoms. The van der Waals surface area contributed by atoms with E-state index in [9.17, 15) is 9.59 Å². The topological polar surface area (TPSA) is 51.1 Å². The Labute approximate surface area is 112 Å². The van der Waals surface area contributed by atoms with Crippen molar-refractivity contribution in [3.05, 3.63) is 20.7 Å². The predicted octanol–water partition coefficient (Wildman–Crippen LogP) is 2.16. The quantitative estimate of drug-likeness (QED) is 0.772. The highest BCUT2D eigenvalue weighted by atomic mass is 32.1. The largest absolute Gasteiger partial charge is 0.356 e. The van der Waals surface area contributed by atoms with Gasteiger partial charge in [-0.15, -0.1) is 0 Å². The lowest BCUT2D eigenvalue weighted by molar-refractivity contribution is -0.121. The number of aryl methyl sites for hydroxylation is 1. The van der Waals surface area contributed by atoms with Crippen LogP contribution in [0.4, 0.5) is 0 Å². The minimum absolute atomic E-state index is 0.0140. The first-order chi connectivity index (χ1) is 8.50. The molecule has 0 fully saturated rings. The summed E-state index contributed by atoms with van der Waals surface area (Å²) in [5, 5.41) is 4.71. The van der Waals surface area contributed by atoms with E-state index in [-0.39, 0.29) is 10.8 Å². The van der Waals surface area contributed by atoms with Crippen molar-refractivity contribution in [2.75, 3.05) is 6.54 Å². The van der Waals surface area contributed by atoms with E-state index < -0.39 is 0 Å². The second-order valence-electron chi connectivity index (χ2n) is 4.93. The third-order valence-corrected chi connectivity index (χ3v) is 3.70. The molecule has 0 atom stereocenters. The molecule has 0 aliphatic heterocycles. The highest BCUT2D eigenvalue weighted by Crippen LogP contribution is 2.02. The van der Waals surface area contributed by atoms with E-state index in [1.54, 1.807) is 4.57 Å². The lowest BCUT2D eigenvalue weighted by Crippen LogP contribution is -2.27. The van der Waals surface area contributed by atoms with Crippen molar-refractivity contribution in [3.63, 3.8) is 0 Å². The zero-order valence-electron chi connectivity index (χ0n) is 11.4. The maximum absolute atomic E-state index is 11.6. The van der Waals surface area contributed by atoms with Crippen molar-refractivity contribution in [3.8, 4) is 0 Å². The summed E-state index contributed by atoms with van der Waals surface area (Å²) in [6.45, 7) is 7.44. The third-order valence-electron chi connectivity index (χ3n) is 2.82. The van der Waals surface area contributed by atoms with Gasteiger partial charge in [0.1, 0.15) is 0 Å². The lowest BCUT2D eigenvalue weighted by Gasteiger charge is -2.07. The fourth-order valence-corrected chi connectivity index (χ4v) is 2.48. The van der Waals surface area contributed by atoms with Gasteiger partial charge in [-0.3, -0.25) is 9.59 Å². The Morgan fingerprint density at radius 1 is 1.50 bits per heavy atom. The number of thiazole rings is 1. The molecule has 0 saturated heterocycles. The summed E-state index contributed by atoms with van der Waals surface area (Å²) in [5.74, 6) is 0.699. The molecular weight excluding hydrogens is 248 g/mol. The summed E-state index contributed by atoms with van der Waals surface area (Å²) in [7, 11) is 0. The van der Waals surface area contributed by atoms with Gasteiger partial charge in [0.05, 0.1) is 0 Å². The first-order valence-corrected chi connectivity index (χ1v) is 7.30. The highest BCUT2D eigenvalue weighted by Gasteiger charge is 2.06. The fraction of sp³-hybridized carbons (Fsp3) is 0.692. The van der Waals surface area contributed by atoms with Crippen LogP contribution < -0.4 is 10.2 Å². The SMILES string of the molecule is Cc1csc(=O)n1CCC(=O)NCCCC(C)C. The van der Waals surface area contributed by atoms with Crippen LogP contribution in [-0.2, 0) is 11.3 Å². The number of hydrogen-bond acceptors (Lipinski definition) is 3. The monoisotopic (exact) mass is 270 g/mol. The summed E-state index contributed by atoms with van der Waals surface area (Å²) in [6, 6.07) is 0. The van der Waals surface area contributed by atoms with E-state index in [4.69, 9.17) is 0 Å². The number of aromatic nitrogens is 1. The molecule has 0 aliphatic carbocycles. The molecule has 1 heterocycles. The average molecular weight is 270 g/mol. The van der Waals surface area contributed by atoms with Gasteiger partial charge in [0.2, 0.25) is 5.91 Å². The summed E-state index contributed by atoms with van der Waals surface area (Å²) >= 11 is 1.18. The smallest absolute Gasteiger partial charge is 0.307 e. The molecule has 1 amide bonds. The standard InChI is InChI=1S/C13H22N2O2S/c1-10(2)5-4-7-14-12(16)6-8-15-11(3)9-18-13(15)17/h9-10H,4-8H2,1-3H3,(H,14,16). The Morgan fingerprint density at radius 3 is 2.78 bits per heavy atom. The maximum atomic E-state index is 11.6. The zero-order valence-corrected chi connectivity index (χ0v) is 12.2. The first-order valence-electron chi connectivity index (χ1n) is 6.42. The first kappa shape index (κ1) is 15.0. The Kier molecular flexibility index (Phi) is 6.12. The highest BCUT2D eigenvalue weighted by molar-refractivity contribution is 7.07. The molecule has 18 heavy (non-hydrogen) atoms. The molecule has 0 saturated carbocycles. The van der Waals surface area contributed by atoms with Gasteiger partial charge in [-0.2, -0.15) is 0 Å². The molecular formula is C13H22N2O2S. The van der Waals surface area contributed by atoms with E-state index in [0.29, 0.717) is 18.9 Å². The van der Waals surface area contributed by atoms with Gasteiger partial charge in [-0.1, -0.05) is 25.2 Å². The molecule has 1 rings (SSSR count). The van der Waals surface area contributed by atoms with Crippen molar-refractivity contribution in [2.24, 2.45) is 5.92 Å². The molecule has 0 unspecified atom stereocenters. The van der Waals surface area contributed by atoms with Crippen molar-refractivity contribution in [2.45, 2.75) is 46.6 Å². The van der Waals surface area contributed by atoms with Crippen molar-refractivity contribution in [1.82, 2.24) is 9.88 Å². The van der Waals surface area contributed by atoms with E-state index >= 15 is 0 Å². The van der Waals surface area contributed by atoms with E-state index in [0.717, 1.165) is 25.1 Å². The Hall–Kier alpha value is -1.10. The Morgan fingerprint density at radius 2 is 2.22 bits per heavy atom. The van der Waals surface area contributed by atoms with E-state index in [1.165, 1.54) is 11.3 Å². The van der Waals surface area contributed by atoms with Crippen molar-refractivity contribution >= 4 is 17.2 Å². The fourth-order valence-electron chi connectivity index (χ4n) is 1.71. The van der Waals surface area contributed by atoms with Crippen LogP contribution in [0.15, 0.2) is 10.2 Å². The molecule has 4 nitrogen and oxygen atoms in total. The molecule has 0 aliphatic rings. The van der Waals surface area contributed by atoms with Gasteiger partial charge in [0.15, 0.2) is 0 Å². The second-order valence-corrected chi connectivity index (χ2v) is 5.75. The minimum Gasteiger partial charge on any atom is -0.356 e. The molecule has 102 valence electrons. The number of hydrogen-bond donors (Lipinski definition) is 1. The number of nitrogens with zero attached hydrogens (tertiary/aromatic N) is 1. The maximum Gasteiger partial charge on any atom is 0.307 e. The Bertz CT molecular complexity index is 434. The van der Waals surface area contributed by atoms with E-state index in [2.05, 4.69) is 19.2 Å². The predicted molar refractivity (Wildman–Crippen MR) is 75.0 cm³/mol. The second kappa shape index (κ2) is 7.36. The summed E-state index contributed by atoms with van der Waals surface area (Å²) in [4.78, 5) is 23.0. The van der Waals surface area contributed by atoms with Gasteiger partial charge >= 0.3 is 4.87 Å². The van der Waals surface area contributed by atoms with Gasteiger partial charge in [0, 0.05) is 30.6 Å². The number of carbonyl (C=O) groups excluding carboxylic acids is 1. The zero-order chi connectivity index (χ0) is 13.5. The van der Waals surface area contributed by atoms with Crippen LogP contribution >= 0.6 is 11.3 Å². The van der Waals surface area contributed by atoms with Gasteiger partial charge in [-0.05, 0) is 25.7 Å². The summed E-state index contributed by atoms with van der Waals surface area (Å²) in [5.41, 5.74) is 0.928. The van der Waals surface area contributed by atoms with Gasteiger partial charge in [-0.25, -0.2) is 0 Å². The molecule has 1 N–H and O–H groups in total. The van der Waals surface area contributed by atoms with Gasteiger partial charge < -0.3 is 9.88 Å². The third kappa shape index (κ3) is 5.04. The van der Waals surface area contributed by atoms with Crippen LogP contribution in [0.2, 0.25) is 0 Å². The van der Waals surface area contributed by atoms with Crippen molar-refractivity contribution < 1.29 is 4.79 Å². The van der Waals surface area contributed by atoms with E-state index in [1.807, 2.05) is 12.3 Å². The molecule has 0 radical (unpaired) electrons.